The largest absolute Gasteiger partial charge is 0.335 e. The molecule has 2 amide bonds. The van der Waals surface area contributed by atoms with Crippen molar-refractivity contribution in [3.63, 3.8) is 0 Å². The Morgan fingerprint density at radius 3 is 2.73 bits per heavy atom. The minimum atomic E-state index is 0.00157. The molecule has 3 heteroatoms. The molecule has 0 unspecified atom stereocenters. The molecule has 0 spiro atoms. The first-order valence-electron chi connectivity index (χ1n) is 5.76. The fraction of sp³-hybridized carbons (Fsp3) is 0.750. The summed E-state index contributed by atoms with van der Waals surface area (Å²) in [6.07, 6.45) is 10.9. The zero-order valence-electron chi connectivity index (χ0n) is 9.46. The summed E-state index contributed by atoms with van der Waals surface area (Å²) in [5.74, 6) is 2.52. The summed E-state index contributed by atoms with van der Waals surface area (Å²) >= 11 is 0. The molecule has 0 bridgehead atoms. The van der Waals surface area contributed by atoms with E-state index in [0.717, 1.165) is 25.8 Å². The van der Waals surface area contributed by atoms with E-state index in [4.69, 9.17) is 6.42 Å². The summed E-state index contributed by atoms with van der Waals surface area (Å²) in [6.45, 7) is 3.20. The Kier molecular flexibility index (Phi) is 5.03. The number of carbonyl (C=O) groups is 1. The zero-order chi connectivity index (χ0) is 11.1. The van der Waals surface area contributed by atoms with Crippen molar-refractivity contribution < 1.29 is 4.79 Å². The summed E-state index contributed by atoms with van der Waals surface area (Å²) in [6, 6.07) is 0.372. The van der Waals surface area contributed by atoms with Gasteiger partial charge in [0.15, 0.2) is 0 Å². The highest BCUT2D eigenvalue weighted by Gasteiger charge is 2.19. The molecular weight excluding hydrogens is 188 g/mol. The van der Waals surface area contributed by atoms with Gasteiger partial charge in [0.05, 0.1) is 6.54 Å². The van der Waals surface area contributed by atoms with Crippen LogP contribution < -0.4 is 5.32 Å². The Labute approximate surface area is 92.2 Å². The fourth-order valence-corrected chi connectivity index (χ4v) is 1.97. The second kappa shape index (κ2) is 6.34. The van der Waals surface area contributed by atoms with E-state index in [-0.39, 0.29) is 6.03 Å². The zero-order valence-corrected chi connectivity index (χ0v) is 9.46. The van der Waals surface area contributed by atoms with Crippen molar-refractivity contribution in [3.8, 4) is 12.3 Å². The van der Waals surface area contributed by atoms with E-state index in [1.807, 2.05) is 6.92 Å². The van der Waals surface area contributed by atoms with Crippen LogP contribution in [0.25, 0.3) is 0 Å². The molecule has 3 nitrogen and oxygen atoms in total. The highest BCUT2D eigenvalue weighted by molar-refractivity contribution is 5.74. The first-order valence-corrected chi connectivity index (χ1v) is 5.76. The number of hydrogen-bond acceptors (Lipinski definition) is 1. The van der Waals surface area contributed by atoms with E-state index < -0.39 is 0 Å². The molecule has 1 N–H and O–H groups in total. The van der Waals surface area contributed by atoms with Crippen molar-refractivity contribution in [1.82, 2.24) is 10.2 Å². The summed E-state index contributed by atoms with van der Waals surface area (Å²) < 4.78 is 0. The van der Waals surface area contributed by atoms with Gasteiger partial charge in [-0.25, -0.2) is 4.79 Å². The molecule has 1 saturated carbocycles. The number of amides is 2. The van der Waals surface area contributed by atoms with Crippen LogP contribution in [0.15, 0.2) is 0 Å². The van der Waals surface area contributed by atoms with Gasteiger partial charge in [-0.05, 0) is 19.3 Å². The number of hydrogen-bond donors (Lipinski definition) is 1. The van der Waals surface area contributed by atoms with Crippen LogP contribution in [-0.2, 0) is 0 Å². The maximum atomic E-state index is 11.8. The number of urea groups is 1. The molecule has 0 aromatic heterocycles. The third-order valence-electron chi connectivity index (χ3n) is 2.75. The molecule has 1 fully saturated rings. The van der Waals surface area contributed by atoms with Crippen LogP contribution in [0.4, 0.5) is 4.79 Å². The van der Waals surface area contributed by atoms with Crippen molar-refractivity contribution in [1.29, 1.82) is 0 Å². The van der Waals surface area contributed by atoms with Crippen molar-refractivity contribution >= 4 is 6.03 Å². The number of nitrogens with zero attached hydrogens (tertiary/aromatic N) is 1. The average molecular weight is 208 g/mol. The Bertz CT molecular complexity index is 238. The number of terminal acetylenes is 1. The second-order valence-electron chi connectivity index (χ2n) is 4.06. The van der Waals surface area contributed by atoms with Crippen LogP contribution in [0.1, 0.15) is 39.0 Å². The van der Waals surface area contributed by atoms with Gasteiger partial charge in [-0.3, -0.25) is 0 Å². The smallest absolute Gasteiger partial charge is 0.318 e. The van der Waals surface area contributed by atoms with Crippen molar-refractivity contribution in [2.75, 3.05) is 13.1 Å². The van der Waals surface area contributed by atoms with E-state index in [0.29, 0.717) is 12.6 Å². The summed E-state index contributed by atoms with van der Waals surface area (Å²) in [7, 11) is 0. The normalized spacial score (nSPS) is 16.0. The van der Waals surface area contributed by atoms with Crippen molar-refractivity contribution in [3.05, 3.63) is 0 Å². The molecule has 0 aromatic carbocycles. The van der Waals surface area contributed by atoms with Gasteiger partial charge < -0.3 is 10.2 Å². The molecule has 0 radical (unpaired) electrons. The maximum Gasteiger partial charge on any atom is 0.318 e. The molecule has 0 heterocycles. The van der Waals surface area contributed by atoms with Crippen LogP contribution in [0.3, 0.4) is 0 Å². The van der Waals surface area contributed by atoms with Crippen LogP contribution in [0, 0.1) is 12.3 Å². The molecule has 0 aromatic rings. The van der Waals surface area contributed by atoms with Crippen LogP contribution in [-0.4, -0.2) is 30.1 Å². The SMILES string of the molecule is C#CCN(CCC)C(=O)NC1CCCC1. The molecular formula is C12H20N2O. The molecule has 1 rings (SSSR count). The number of rotatable bonds is 4. The predicted molar refractivity (Wildman–Crippen MR) is 61.5 cm³/mol. The van der Waals surface area contributed by atoms with E-state index in [1.165, 1.54) is 12.8 Å². The van der Waals surface area contributed by atoms with Crippen LogP contribution in [0.2, 0.25) is 0 Å². The van der Waals surface area contributed by atoms with Crippen LogP contribution >= 0.6 is 0 Å². The molecule has 0 aliphatic heterocycles. The lowest BCUT2D eigenvalue weighted by atomic mass is 10.2. The molecule has 0 atom stereocenters. The monoisotopic (exact) mass is 208 g/mol. The van der Waals surface area contributed by atoms with E-state index in [1.54, 1.807) is 4.90 Å². The highest BCUT2D eigenvalue weighted by Crippen LogP contribution is 2.17. The van der Waals surface area contributed by atoms with Gasteiger partial charge in [0, 0.05) is 12.6 Å². The first-order chi connectivity index (χ1) is 7.27. The minimum Gasteiger partial charge on any atom is -0.335 e. The maximum absolute atomic E-state index is 11.8. The average Bonchev–Trinajstić information content (AvgIpc) is 2.70. The third kappa shape index (κ3) is 3.83. The lowest BCUT2D eigenvalue weighted by molar-refractivity contribution is 0.200. The van der Waals surface area contributed by atoms with Gasteiger partial charge >= 0.3 is 6.03 Å². The lowest BCUT2D eigenvalue weighted by Gasteiger charge is -2.22. The molecule has 15 heavy (non-hydrogen) atoms. The van der Waals surface area contributed by atoms with E-state index >= 15 is 0 Å². The summed E-state index contributed by atoms with van der Waals surface area (Å²) in [5, 5.41) is 3.04. The van der Waals surface area contributed by atoms with E-state index in [9.17, 15) is 4.79 Å². The van der Waals surface area contributed by atoms with Gasteiger partial charge in [-0.15, -0.1) is 6.42 Å². The van der Waals surface area contributed by atoms with Gasteiger partial charge in [-0.2, -0.15) is 0 Å². The Hall–Kier alpha value is -1.17. The number of nitrogens with one attached hydrogen (secondary N) is 1. The summed E-state index contributed by atoms with van der Waals surface area (Å²) in [5.41, 5.74) is 0. The standard InChI is InChI=1S/C12H20N2O/c1-3-9-14(10-4-2)12(15)13-11-7-5-6-8-11/h1,11H,4-10H2,2H3,(H,13,15). The Balaban J connectivity index is 2.37. The third-order valence-corrected chi connectivity index (χ3v) is 2.75. The molecule has 1 aliphatic carbocycles. The van der Waals surface area contributed by atoms with Crippen molar-refractivity contribution in [2.45, 2.75) is 45.1 Å². The van der Waals surface area contributed by atoms with Gasteiger partial charge in [0.1, 0.15) is 0 Å². The highest BCUT2D eigenvalue weighted by atomic mass is 16.2. The molecule has 0 saturated heterocycles. The second-order valence-corrected chi connectivity index (χ2v) is 4.06. The van der Waals surface area contributed by atoms with Gasteiger partial charge in [-0.1, -0.05) is 25.7 Å². The summed E-state index contributed by atoms with van der Waals surface area (Å²) in [4.78, 5) is 13.5. The van der Waals surface area contributed by atoms with Gasteiger partial charge in [0.25, 0.3) is 0 Å². The minimum absolute atomic E-state index is 0.00157. The van der Waals surface area contributed by atoms with Crippen molar-refractivity contribution in [2.24, 2.45) is 0 Å². The lowest BCUT2D eigenvalue weighted by Crippen LogP contribution is -2.44. The Morgan fingerprint density at radius 2 is 2.20 bits per heavy atom. The quantitative estimate of drug-likeness (QED) is 0.704. The first kappa shape index (κ1) is 11.9. The fourth-order valence-electron chi connectivity index (χ4n) is 1.97. The van der Waals surface area contributed by atoms with E-state index in [2.05, 4.69) is 11.2 Å². The topological polar surface area (TPSA) is 32.3 Å². The van der Waals surface area contributed by atoms with Crippen LogP contribution in [0.5, 0.6) is 0 Å². The molecule has 84 valence electrons. The molecule has 1 aliphatic rings. The Morgan fingerprint density at radius 1 is 1.53 bits per heavy atom. The predicted octanol–water partition coefficient (Wildman–Crippen LogP) is 1.98. The van der Waals surface area contributed by atoms with Gasteiger partial charge in [0.2, 0.25) is 0 Å². The number of carbonyl (C=O) groups excluding carboxylic acids is 1.